The quantitative estimate of drug-likeness (QED) is 0.920. The van der Waals surface area contributed by atoms with E-state index in [4.69, 9.17) is 5.73 Å². The first kappa shape index (κ1) is 14.0. The molecular formula is C17H27N3. The van der Waals surface area contributed by atoms with E-state index >= 15 is 0 Å². The van der Waals surface area contributed by atoms with Gasteiger partial charge in [-0.3, -0.25) is 9.88 Å². The Hall–Kier alpha value is -0.930. The SMILES string of the molecule is CC(N)C(c1ccncc1)N1CCC2(CCCC2)CC1. The summed E-state index contributed by atoms with van der Waals surface area (Å²) in [6, 6.07) is 4.74. The molecule has 0 radical (unpaired) electrons. The number of nitrogens with two attached hydrogens (primary N) is 1. The van der Waals surface area contributed by atoms with Gasteiger partial charge in [-0.2, -0.15) is 0 Å². The fraction of sp³-hybridized carbons (Fsp3) is 0.706. The third-order valence-corrected chi connectivity index (χ3v) is 5.46. The number of hydrogen-bond acceptors (Lipinski definition) is 3. The highest BCUT2D eigenvalue weighted by molar-refractivity contribution is 5.17. The Balaban J connectivity index is 1.71. The molecule has 3 heteroatoms. The lowest BCUT2D eigenvalue weighted by Crippen LogP contribution is -2.46. The van der Waals surface area contributed by atoms with Crippen LogP contribution in [0.25, 0.3) is 0 Å². The van der Waals surface area contributed by atoms with E-state index in [1.807, 2.05) is 12.4 Å². The summed E-state index contributed by atoms with van der Waals surface area (Å²) in [7, 11) is 0. The van der Waals surface area contributed by atoms with Crippen molar-refractivity contribution in [2.24, 2.45) is 11.1 Å². The van der Waals surface area contributed by atoms with Gasteiger partial charge in [-0.05, 0) is 68.8 Å². The highest BCUT2D eigenvalue weighted by atomic mass is 15.2. The van der Waals surface area contributed by atoms with Crippen LogP contribution in [0, 0.1) is 5.41 Å². The molecule has 0 bridgehead atoms. The Labute approximate surface area is 122 Å². The van der Waals surface area contributed by atoms with Crippen LogP contribution in [0.1, 0.15) is 57.1 Å². The average Bonchev–Trinajstić information content (AvgIpc) is 2.91. The maximum absolute atomic E-state index is 6.28. The van der Waals surface area contributed by atoms with Gasteiger partial charge in [0.1, 0.15) is 0 Å². The highest BCUT2D eigenvalue weighted by Crippen LogP contribution is 2.47. The van der Waals surface area contributed by atoms with Gasteiger partial charge >= 0.3 is 0 Å². The van der Waals surface area contributed by atoms with Crippen molar-refractivity contribution in [3.05, 3.63) is 30.1 Å². The molecule has 0 aromatic carbocycles. The minimum atomic E-state index is 0.162. The molecule has 1 aliphatic carbocycles. The van der Waals surface area contributed by atoms with E-state index in [2.05, 4.69) is 28.9 Å². The molecule has 110 valence electrons. The highest BCUT2D eigenvalue weighted by Gasteiger charge is 2.39. The predicted octanol–water partition coefficient (Wildman–Crippen LogP) is 3.13. The van der Waals surface area contributed by atoms with Crippen molar-refractivity contribution in [3.63, 3.8) is 0 Å². The van der Waals surface area contributed by atoms with Gasteiger partial charge in [-0.25, -0.2) is 0 Å². The van der Waals surface area contributed by atoms with Crippen LogP contribution >= 0.6 is 0 Å². The Kier molecular flexibility index (Phi) is 4.08. The van der Waals surface area contributed by atoms with Crippen LogP contribution in [0.5, 0.6) is 0 Å². The molecule has 2 unspecified atom stereocenters. The molecule has 1 spiro atoms. The maximum atomic E-state index is 6.28. The summed E-state index contributed by atoms with van der Waals surface area (Å²) in [6.07, 6.45) is 12.3. The number of rotatable bonds is 3. The van der Waals surface area contributed by atoms with Crippen molar-refractivity contribution in [2.45, 2.75) is 57.5 Å². The summed E-state index contributed by atoms with van der Waals surface area (Å²) in [4.78, 5) is 6.73. The number of likely N-dealkylation sites (tertiary alicyclic amines) is 1. The maximum Gasteiger partial charge on any atom is 0.0497 e. The zero-order valence-corrected chi connectivity index (χ0v) is 12.6. The van der Waals surface area contributed by atoms with Crippen LogP contribution in [0.3, 0.4) is 0 Å². The molecule has 2 fully saturated rings. The molecule has 2 aliphatic rings. The second-order valence-corrected chi connectivity index (χ2v) is 6.83. The lowest BCUT2D eigenvalue weighted by molar-refractivity contribution is 0.0677. The summed E-state index contributed by atoms with van der Waals surface area (Å²) in [6.45, 7) is 4.54. The van der Waals surface area contributed by atoms with E-state index in [1.54, 1.807) is 0 Å². The van der Waals surface area contributed by atoms with Crippen LogP contribution < -0.4 is 5.73 Å². The smallest absolute Gasteiger partial charge is 0.0497 e. The van der Waals surface area contributed by atoms with Gasteiger partial charge in [0, 0.05) is 24.5 Å². The molecule has 2 N–H and O–H groups in total. The van der Waals surface area contributed by atoms with Crippen molar-refractivity contribution in [1.29, 1.82) is 0 Å². The van der Waals surface area contributed by atoms with E-state index in [0.29, 0.717) is 11.5 Å². The molecule has 1 aromatic heterocycles. The van der Waals surface area contributed by atoms with E-state index in [-0.39, 0.29) is 6.04 Å². The number of aromatic nitrogens is 1. The first-order chi connectivity index (χ1) is 9.70. The van der Waals surface area contributed by atoms with Crippen molar-refractivity contribution < 1.29 is 0 Å². The third-order valence-electron chi connectivity index (χ3n) is 5.46. The van der Waals surface area contributed by atoms with Gasteiger partial charge in [0.2, 0.25) is 0 Å². The lowest BCUT2D eigenvalue weighted by Gasteiger charge is -2.44. The van der Waals surface area contributed by atoms with Crippen LogP contribution in [0.2, 0.25) is 0 Å². The van der Waals surface area contributed by atoms with Crippen LogP contribution in [-0.4, -0.2) is 29.0 Å². The van der Waals surface area contributed by atoms with Crippen molar-refractivity contribution >= 4 is 0 Å². The van der Waals surface area contributed by atoms with Gasteiger partial charge in [0.05, 0.1) is 0 Å². The molecule has 1 aromatic rings. The molecular weight excluding hydrogens is 246 g/mol. The van der Waals surface area contributed by atoms with Gasteiger partial charge in [0.25, 0.3) is 0 Å². The molecule has 1 saturated carbocycles. The van der Waals surface area contributed by atoms with Crippen LogP contribution in [0.15, 0.2) is 24.5 Å². The zero-order chi connectivity index (χ0) is 14.0. The fourth-order valence-corrected chi connectivity index (χ4v) is 4.31. The fourth-order valence-electron chi connectivity index (χ4n) is 4.31. The monoisotopic (exact) mass is 273 g/mol. The van der Waals surface area contributed by atoms with Crippen molar-refractivity contribution in [3.8, 4) is 0 Å². The lowest BCUT2D eigenvalue weighted by atomic mass is 9.76. The number of hydrogen-bond donors (Lipinski definition) is 1. The second kappa shape index (κ2) is 5.82. The predicted molar refractivity (Wildman–Crippen MR) is 82.3 cm³/mol. The molecule has 3 rings (SSSR count). The van der Waals surface area contributed by atoms with E-state index in [9.17, 15) is 0 Å². The van der Waals surface area contributed by atoms with Gasteiger partial charge in [-0.1, -0.05) is 12.8 Å². The molecule has 2 heterocycles. The average molecular weight is 273 g/mol. The summed E-state index contributed by atoms with van der Waals surface area (Å²) < 4.78 is 0. The molecule has 20 heavy (non-hydrogen) atoms. The molecule has 1 saturated heterocycles. The number of piperidine rings is 1. The number of pyridine rings is 1. The van der Waals surface area contributed by atoms with Gasteiger partial charge in [0.15, 0.2) is 0 Å². The summed E-state index contributed by atoms with van der Waals surface area (Å²) >= 11 is 0. The molecule has 0 amide bonds. The Bertz CT molecular complexity index is 413. The second-order valence-electron chi connectivity index (χ2n) is 6.83. The Morgan fingerprint density at radius 3 is 2.25 bits per heavy atom. The van der Waals surface area contributed by atoms with Gasteiger partial charge in [-0.15, -0.1) is 0 Å². The van der Waals surface area contributed by atoms with Crippen LogP contribution in [-0.2, 0) is 0 Å². The molecule has 1 aliphatic heterocycles. The van der Waals surface area contributed by atoms with Gasteiger partial charge < -0.3 is 5.73 Å². The van der Waals surface area contributed by atoms with Crippen LogP contribution in [0.4, 0.5) is 0 Å². The molecule has 3 nitrogen and oxygen atoms in total. The van der Waals surface area contributed by atoms with E-state index in [0.717, 1.165) is 0 Å². The largest absolute Gasteiger partial charge is 0.326 e. The normalized spacial score (nSPS) is 25.7. The topological polar surface area (TPSA) is 42.1 Å². The summed E-state index contributed by atoms with van der Waals surface area (Å²) in [5.74, 6) is 0. The number of nitrogens with zero attached hydrogens (tertiary/aromatic N) is 2. The Morgan fingerprint density at radius 2 is 1.70 bits per heavy atom. The standard InChI is InChI=1S/C17H27N3/c1-14(18)16(15-4-10-19-11-5-15)20-12-8-17(9-13-20)6-2-3-7-17/h4-5,10-11,14,16H,2-3,6-9,12-13,18H2,1H3. The van der Waals surface area contributed by atoms with Crippen molar-refractivity contribution in [2.75, 3.05) is 13.1 Å². The third kappa shape index (κ3) is 2.75. The molecule has 2 atom stereocenters. The zero-order valence-electron chi connectivity index (χ0n) is 12.6. The minimum absolute atomic E-state index is 0.162. The first-order valence-corrected chi connectivity index (χ1v) is 8.10. The summed E-state index contributed by atoms with van der Waals surface area (Å²) in [5, 5.41) is 0. The van der Waals surface area contributed by atoms with E-state index < -0.39 is 0 Å². The first-order valence-electron chi connectivity index (χ1n) is 8.10. The van der Waals surface area contributed by atoms with E-state index in [1.165, 1.54) is 57.2 Å². The minimum Gasteiger partial charge on any atom is -0.326 e. The Morgan fingerprint density at radius 1 is 1.10 bits per heavy atom. The summed E-state index contributed by atoms with van der Waals surface area (Å²) in [5.41, 5.74) is 8.28. The van der Waals surface area contributed by atoms with Crippen molar-refractivity contribution in [1.82, 2.24) is 9.88 Å².